The second-order valence-corrected chi connectivity index (χ2v) is 4.65. The highest BCUT2D eigenvalue weighted by atomic mass is 79.9. The maximum atomic E-state index is 11.5. The van der Waals surface area contributed by atoms with Crippen molar-refractivity contribution in [3.63, 3.8) is 0 Å². The molecule has 1 aromatic carbocycles. The van der Waals surface area contributed by atoms with Gasteiger partial charge in [0.05, 0.1) is 6.04 Å². The van der Waals surface area contributed by atoms with E-state index in [4.69, 9.17) is 5.73 Å². The van der Waals surface area contributed by atoms with Crippen LogP contribution in [0.1, 0.15) is 31.4 Å². The van der Waals surface area contributed by atoms with Crippen LogP contribution in [0.2, 0.25) is 0 Å². The molecular weight excluding hydrogens is 304 g/mol. The lowest BCUT2D eigenvalue weighted by Crippen LogP contribution is -2.26. The predicted octanol–water partition coefficient (Wildman–Crippen LogP) is 2.79. The Labute approximate surface area is 117 Å². The molecule has 0 bridgehead atoms. The SMILES string of the molecule is CC(NC(=O)CCCN)c1cccc(Br)c1.Cl. The molecule has 0 aromatic heterocycles. The molecule has 0 aliphatic heterocycles. The predicted molar refractivity (Wildman–Crippen MR) is 76.2 cm³/mol. The van der Waals surface area contributed by atoms with Gasteiger partial charge in [-0.15, -0.1) is 12.4 Å². The van der Waals surface area contributed by atoms with Crippen molar-refractivity contribution >= 4 is 34.2 Å². The summed E-state index contributed by atoms with van der Waals surface area (Å²) in [6.07, 6.45) is 1.23. The summed E-state index contributed by atoms with van der Waals surface area (Å²) in [5.74, 6) is 0.0536. The molecule has 0 fully saturated rings. The topological polar surface area (TPSA) is 55.1 Å². The fraction of sp³-hybridized carbons (Fsp3) is 0.417. The molecule has 1 aromatic rings. The smallest absolute Gasteiger partial charge is 0.220 e. The van der Waals surface area contributed by atoms with E-state index in [1.807, 2.05) is 31.2 Å². The van der Waals surface area contributed by atoms with Gasteiger partial charge in [-0.2, -0.15) is 0 Å². The first-order chi connectivity index (χ1) is 7.63. The first kappa shape index (κ1) is 16.4. The monoisotopic (exact) mass is 320 g/mol. The first-order valence-electron chi connectivity index (χ1n) is 5.38. The molecule has 3 N–H and O–H groups in total. The second-order valence-electron chi connectivity index (χ2n) is 3.74. The summed E-state index contributed by atoms with van der Waals surface area (Å²) in [5.41, 5.74) is 6.45. The van der Waals surface area contributed by atoms with Gasteiger partial charge in [-0.05, 0) is 37.6 Å². The number of nitrogens with two attached hydrogens (primary N) is 1. The molecule has 0 radical (unpaired) electrons. The summed E-state index contributed by atoms with van der Waals surface area (Å²) in [6, 6.07) is 7.96. The third kappa shape index (κ3) is 6.05. The van der Waals surface area contributed by atoms with Crippen LogP contribution in [0.5, 0.6) is 0 Å². The first-order valence-corrected chi connectivity index (χ1v) is 6.17. The van der Waals surface area contributed by atoms with Crippen molar-refractivity contribution in [1.29, 1.82) is 0 Å². The second kappa shape index (κ2) is 8.50. The highest BCUT2D eigenvalue weighted by molar-refractivity contribution is 9.10. The van der Waals surface area contributed by atoms with Gasteiger partial charge < -0.3 is 11.1 Å². The minimum absolute atomic E-state index is 0. The minimum atomic E-state index is 0. The lowest BCUT2D eigenvalue weighted by Gasteiger charge is -2.14. The third-order valence-electron chi connectivity index (χ3n) is 2.33. The van der Waals surface area contributed by atoms with Gasteiger partial charge in [0.2, 0.25) is 5.91 Å². The number of benzene rings is 1. The number of rotatable bonds is 5. The molecular formula is C12H18BrClN2O. The van der Waals surface area contributed by atoms with Gasteiger partial charge in [-0.25, -0.2) is 0 Å². The molecule has 5 heteroatoms. The van der Waals surface area contributed by atoms with E-state index in [9.17, 15) is 4.79 Å². The van der Waals surface area contributed by atoms with Crippen LogP contribution in [0.15, 0.2) is 28.7 Å². The molecule has 96 valence electrons. The van der Waals surface area contributed by atoms with Gasteiger partial charge in [0.15, 0.2) is 0 Å². The molecule has 0 saturated carbocycles. The molecule has 0 heterocycles. The van der Waals surface area contributed by atoms with Crippen molar-refractivity contribution in [2.75, 3.05) is 6.54 Å². The fourth-order valence-electron chi connectivity index (χ4n) is 1.44. The number of carbonyl (C=O) groups excluding carboxylic acids is 1. The Bertz CT molecular complexity index is 360. The Hall–Kier alpha value is -0.580. The Morgan fingerprint density at radius 3 is 2.82 bits per heavy atom. The highest BCUT2D eigenvalue weighted by Crippen LogP contribution is 2.17. The van der Waals surface area contributed by atoms with Gasteiger partial charge in [0.1, 0.15) is 0 Å². The standard InChI is InChI=1S/C12H17BrN2O.ClH/c1-9(15-12(16)6-3-7-14)10-4-2-5-11(13)8-10;/h2,4-5,8-9H,3,6-7,14H2,1H3,(H,15,16);1H. The van der Waals surface area contributed by atoms with Crippen molar-refractivity contribution in [2.45, 2.75) is 25.8 Å². The Morgan fingerprint density at radius 1 is 1.53 bits per heavy atom. The van der Waals surface area contributed by atoms with Gasteiger partial charge in [0.25, 0.3) is 0 Å². The van der Waals surface area contributed by atoms with Crippen LogP contribution in [0.3, 0.4) is 0 Å². The van der Waals surface area contributed by atoms with Crippen LogP contribution >= 0.6 is 28.3 Å². The number of nitrogens with one attached hydrogen (secondary N) is 1. The number of amides is 1. The largest absolute Gasteiger partial charge is 0.350 e. The number of hydrogen-bond donors (Lipinski definition) is 2. The van der Waals surface area contributed by atoms with Crippen molar-refractivity contribution in [1.82, 2.24) is 5.32 Å². The molecule has 0 aliphatic carbocycles. The molecule has 3 nitrogen and oxygen atoms in total. The lowest BCUT2D eigenvalue weighted by atomic mass is 10.1. The zero-order valence-corrected chi connectivity index (χ0v) is 12.2. The highest BCUT2D eigenvalue weighted by Gasteiger charge is 2.08. The van der Waals surface area contributed by atoms with E-state index in [2.05, 4.69) is 21.2 Å². The number of hydrogen-bond acceptors (Lipinski definition) is 2. The van der Waals surface area contributed by atoms with E-state index < -0.39 is 0 Å². The van der Waals surface area contributed by atoms with Crippen LogP contribution in [0.25, 0.3) is 0 Å². The normalized spacial score (nSPS) is 11.5. The molecule has 0 aliphatic rings. The molecule has 0 spiro atoms. The van der Waals surface area contributed by atoms with Crippen LogP contribution in [-0.2, 0) is 4.79 Å². The third-order valence-corrected chi connectivity index (χ3v) is 2.83. The number of halogens is 2. The van der Waals surface area contributed by atoms with Crippen molar-refractivity contribution in [3.8, 4) is 0 Å². The zero-order chi connectivity index (χ0) is 12.0. The molecule has 1 amide bonds. The van der Waals surface area contributed by atoms with E-state index in [0.717, 1.165) is 16.5 Å². The van der Waals surface area contributed by atoms with Crippen LogP contribution in [0.4, 0.5) is 0 Å². The van der Waals surface area contributed by atoms with Crippen molar-refractivity contribution < 1.29 is 4.79 Å². The van der Waals surface area contributed by atoms with Crippen LogP contribution < -0.4 is 11.1 Å². The molecule has 0 saturated heterocycles. The van der Waals surface area contributed by atoms with Gasteiger partial charge in [-0.3, -0.25) is 4.79 Å². The maximum absolute atomic E-state index is 11.5. The minimum Gasteiger partial charge on any atom is -0.350 e. The maximum Gasteiger partial charge on any atom is 0.220 e. The summed E-state index contributed by atoms with van der Waals surface area (Å²) >= 11 is 3.41. The Morgan fingerprint density at radius 2 is 2.24 bits per heavy atom. The van der Waals surface area contributed by atoms with Crippen LogP contribution in [0, 0.1) is 0 Å². The van der Waals surface area contributed by atoms with E-state index in [0.29, 0.717) is 13.0 Å². The van der Waals surface area contributed by atoms with Gasteiger partial charge >= 0.3 is 0 Å². The summed E-state index contributed by atoms with van der Waals surface area (Å²) < 4.78 is 1.02. The lowest BCUT2D eigenvalue weighted by molar-refractivity contribution is -0.121. The van der Waals surface area contributed by atoms with Gasteiger partial charge in [-0.1, -0.05) is 28.1 Å². The average molecular weight is 322 g/mol. The summed E-state index contributed by atoms with van der Waals surface area (Å²) in [5, 5.41) is 2.94. The molecule has 1 atom stereocenters. The summed E-state index contributed by atoms with van der Waals surface area (Å²) in [7, 11) is 0. The molecule has 1 rings (SSSR count). The van der Waals surface area contributed by atoms with Crippen LogP contribution in [-0.4, -0.2) is 12.5 Å². The average Bonchev–Trinajstić information content (AvgIpc) is 2.26. The van der Waals surface area contributed by atoms with Crippen molar-refractivity contribution in [2.24, 2.45) is 5.73 Å². The van der Waals surface area contributed by atoms with E-state index in [1.165, 1.54) is 0 Å². The zero-order valence-electron chi connectivity index (χ0n) is 9.78. The van der Waals surface area contributed by atoms with Gasteiger partial charge in [0, 0.05) is 10.9 Å². The summed E-state index contributed by atoms with van der Waals surface area (Å²) in [6.45, 7) is 2.53. The molecule has 1 unspecified atom stereocenters. The fourth-order valence-corrected chi connectivity index (χ4v) is 1.85. The number of carbonyl (C=O) groups is 1. The van der Waals surface area contributed by atoms with Crippen molar-refractivity contribution in [3.05, 3.63) is 34.3 Å². The van der Waals surface area contributed by atoms with E-state index in [1.54, 1.807) is 0 Å². The Balaban J connectivity index is 0.00000256. The molecule has 17 heavy (non-hydrogen) atoms. The quantitative estimate of drug-likeness (QED) is 0.876. The van der Waals surface area contributed by atoms with E-state index >= 15 is 0 Å². The summed E-state index contributed by atoms with van der Waals surface area (Å²) in [4.78, 5) is 11.5. The van der Waals surface area contributed by atoms with E-state index in [-0.39, 0.29) is 24.4 Å². The Kier molecular flexibility index (Phi) is 8.21.